The molecule has 1 aliphatic heterocycles. The first kappa shape index (κ1) is 17.9. The molecule has 1 unspecified atom stereocenters. The van der Waals surface area contributed by atoms with E-state index in [0.717, 1.165) is 12.0 Å². The van der Waals surface area contributed by atoms with Crippen LogP contribution >= 0.6 is 0 Å². The number of sulfonamides is 1. The van der Waals surface area contributed by atoms with Crippen molar-refractivity contribution < 1.29 is 13.2 Å². The average Bonchev–Trinajstić information content (AvgIpc) is 2.46. The first-order chi connectivity index (χ1) is 10.6. The second kappa shape index (κ2) is 6.61. The summed E-state index contributed by atoms with van der Waals surface area (Å²) in [4.78, 5) is 12.6. The Morgan fingerprint density at radius 1 is 1.22 bits per heavy atom. The summed E-state index contributed by atoms with van der Waals surface area (Å²) in [5, 5.41) is 2.95. The number of benzene rings is 1. The molecule has 0 aromatic heterocycles. The second-order valence-electron chi connectivity index (χ2n) is 7.25. The Labute approximate surface area is 139 Å². The van der Waals surface area contributed by atoms with E-state index >= 15 is 0 Å². The predicted octanol–water partition coefficient (Wildman–Crippen LogP) is 2.31. The molecule has 1 amide bonds. The van der Waals surface area contributed by atoms with Crippen LogP contribution in [0.3, 0.4) is 0 Å². The summed E-state index contributed by atoms with van der Waals surface area (Å²) in [5.74, 6) is -0.357. The van der Waals surface area contributed by atoms with Gasteiger partial charge in [0.1, 0.15) is 0 Å². The highest BCUT2D eigenvalue weighted by Crippen LogP contribution is 2.24. The SMILES string of the molecule is Cc1ccc(S(=O)(=O)N2CCCC(C(=O)NC(C)(C)C)C2)cc1. The lowest BCUT2D eigenvalue weighted by atomic mass is 9.97. The molecule has 1 fully saturated rings. The maximum Gasteiger partial charge on any atom is 0.243 e. The quantitative estimate of drug-likeness (QED) is 0.920. The van der Waals surface area contributed by atoms with Crippen molar-refractivity contribution in [3.63, 3.8) is 0 Å². The third-order valence-corrected chi connectivity index (χ3v) is 5.79. The van der Waals surface area contributed by atoms with Crippen molar-refractivity contribution in [1.82, 2.24) is 9.62 Å². The van der Waals surface area contributed by atoms with Crippen molar-refractivity contribution in [3.05, 3.63) is 29.8 Å². The summed E-state index contributed by atoms with van der Waals surface area (Å²) < 4.78 is 26.9. The van der Waals surface area contributed by atoms with Crippen molar-refractivity contribution in [2.45, 2.75) is 51.0 Å². The number of carbonyl (C=O) groups excluding carboxylic acids is 1. The van der Waals surface area contributed by atoms with E-state index in [1.54, 1.807) is 24.3 Å². The average molecular weight is 338 g/mol. The molecule has 1 saturated heterocycles. The number of rotatable bonds is 3. The summed E-state index contributed by atoms with van der Waals surface area (Å²) in [6.45, 7) is 8.41. The molecule has 5 nitrogen and oxygen atoms in total. The van der Waals surface area contributed by atoms with Gasteiger partial charge in [-0.25, -0.2) is 8.42 Å². The number of aryl methyl sites for hydroxylation is 1. The van der Waals surface area contributed by atoms with Gasteiger partial charge in [-0.2, -0.15) is 4.31 Å². The van der Waals surface area contributed by atoms with Crippen LogP contribution in [0.15, 0.2) is 29.2 Å². The second-order valence-corrected chi connectivity index (χ2v) is 9.19. The van der Waals surface area contributed by atoms with Crippen molar-refractivity contribution in [2.75, 3.05) is 13.1 Å². The topological polar surface area (TPSA) is 66.5 Å². The Balaban J connectivity index is 2.14. The molecule has 128 valence electrons. The molecule has 0 radical (unpaired) electrons. The minimum Gasteiger partial charge on any atom is -0.351 e. The van der Waals surface area contributed by atoms with Crippen LogP contribution in [-0.4, -0.2) is 37.3 Å². The molecule has 2 rings (SSSR count). The number of nitrogens with zero attached hydrogens (tertiary/aromatic N) is 1. The van der Waals surface area contributed by atoms with E-state index in [4.69, 9.17) is 0 Å². The Bertz CT molecular complexity index is 660. The maximum atomic E-state index is 12.7. The van der Waals surface area contributed by atoms with Crippen molar-refractivity contribution in [1.29, 1.82) is 0 Å². The van der Waals surface area contributed by atoms with Gasteiger partial charge in [0.05, 0.1) is 10.8 Å². The lowest BCUT2D eigenvalue weighted by Crippen LogP contribution is -2.49. The zero-order chi connectivity index (χ0) is 17.3. The van der Waals surface area contributed by atoms with Gasteiger partial charge in [0, 0.05) is 18.6 Å². The fourth-order valence-electron chi connectivity index (χ4n) is 2.71. The van der Waals surface area contributed by atoms with Crippen LogP contribution in [0.25, 0.3) is 0 Å². The third kappa shape index (κ3) is 4.54. The number of carbonyl (C=O) groups is 1. The molecule has 0 saturated carbocycles. The monoisotopic (exact) mass is 338 g/mol. The molecule has 1 N–H and O–H groups in total. The van der Waals surface area contributed by atoms with Crippen LogP contribution in [0, 0.1) is 12.8 Å². The largest absolute Gasteiger partial charge is 0.351 e. The first-order valence-corrected chi connectivity index (χ1v) is 9.42. The highest BCUT2D eigenvalue weighted by Gasteiger charge is 2.34. The van der Waals surface area contributed by atoms with Crippen LogP contribution in [0.5, 0.6) is 0 Å². The summed E-state index contributed by atoms with van der Waals surface area (Å²) in [5.41, 5.74) is 0.708. The van der Waals surface area contributed by atoms with Gasteiger partial charge in [-0.1, -0.05) is 17.7 Å². The summed E-state index contributed by atoms with van der Waals surface area (Å²) >= 11 is 0. The standard InChI is InChI=1S/C17H26N2O3S/c1-13-7-9-15(10-8-13)23(21,22)19-11-5-6-14(12-19)16(20)18-17(2,3)4/h7-10,14H,5-6,11-12H2,1-4H3,(H,18,20). The van der Waals surface area contributed by atoms with Crippen LogP contribution in [0.4, 0.5) is 0 Å². The van der Waals surface area contributed by atoms with E-state index in [2.05, 4.69) is 5.32 Å². The van der Waals surface area contributed by atoms with Crippen molar-refractivity contribution in [3.8, 4) is 0 Å². The summed E-state index contributed by atoms with van der Waals surface area (Å²) in [7, 11) is -3.54. The molecule has 1 atom stereocenters. The molecule has 1 heterocycles. The summed E-state index contributed by atoms with van der Waals surface area (Å²) in [6.07, 6.45) is 1.43. The minimum atomic E-state index is -3.54. The number of hydrogen-bond donors (Lipinski definition) is 1. The highest BCUT2D eigenvalue weighted by molar-refractivity contribution is 7.89. The van der Waals surface area contributed by atoms with Gasteiger partial charge in [0.2, 0.25) is 15.9 Å². The third-order valence-electron chi connectivity index (χ3n) is 3.91. The fourth-order valence-corrected chi connectivity index (χ4v) is 4.23. The smallest absolute Gasteiger partial charge is 0.243 e. The first-order valence-electron chi connectivity index (χ1n) is 7.98. The van der Waals surface area contributed by atoms with Gasteiger partial charge >= 0.3 is 0 Å². The van der Waals surface area contributed by atoms with Crippen molar-refractivity contribution in [2.24, 2.45) is 5.92 Å². The Morgan fingerprint density at radius 3 is 2.39 bits per heavy atom. The lowest BCUT2D eigenvalue weighted by molar-refractivity contribution is -0.127. The molecule has 1 aliphatic rings. The Morgan fingerprint density at radius 2 is 1.83 bits per heavy atom. The molecule has 0 aliphatic carbocycles. The normalized spacial score (nSPS) is 20.3. The molecule has 1 aromatic carbocycles. The predicted molar refractivity (Wildman–Crippen MR) is 90.6 cm³/mol. The van der Waals surface area contributed by atoms with E-state index < -0.39 is 10.0 Å². The van der Waals surface area contributed by atoms with E-state index in [9.17, 15) is 13.2 Å². The van der Waals surface area contributed by atoms with E-state index in [-0.39, 0.29) is 23.9 Å². The fraction of sp³-hybridized carbons (Fsp3) is 0.588. The molecular weight excluding hydrogens is 312 g/mol. The molecule has 0 spiro atoms. The van der Waals surface area contributed by atoms with Gasteiger partial charge in [-0.15, -0.1) is 0 Å². The Kier molecular flexibility index (Phi) is 5.16. The number of amides is 1. The van der Waals surface area contributed by atoms with E-state index in [1.165, 1.54) is 4.31 Å². The van der Waals surface area contributed by atoms with Gasteiger partial charge in [0.25, 0.3) is 0 Å². The van der Waals surface area contributed by atoms with Gasteiger partial charge in [0.15, 0.2) is 0 Å². The van der Waals surface area contributed by atoms with Gasteiger partial charge in [-0.05, 0) is 52.7 Å². The van der Waals surface area contributed by atoms with Crippen LogP contribution in [-0.2, 0) is 14.8 Å². The molecule has 0 bridgehead atoms. The van der Waals surface area contributed by atoms with Gasteiger partial charge in [-0.3, -0.25) is 4.79 Å². The summed E-state index contributed by atoms with van der Waals surface area (Å²) in [6, 6.07) is 6.84. The molecule has 1 aromatic rings. The zero-order valence-corrected chi connectivity index (χ0v) is 15.1. The van der Waals surface area contributed by atoms with Crippen LogP contribution in [0.1, 0.15) is 39.2 Å². The zero-order valence-electron chi connectivity index (χ0n) is 14.3. The van der Waals surface area contributed by atoms with Gasteiger partial charge < -0.3 is 5.32 Å². The number of hydrogen-bond acceptors (Lipinski definition) is 3. The molecular formula is C17H26N2O3S. The lowest BCUT2D eigenvalue weighted by Gasteiger charge is -2.33. The molecule has 23 heavy (non-hydrogen) atoms. The highest BCUT2D eigenvalue weighted by atomic mass is 32.2. The molecule has 6 heteroatoms. The van der Waals surface area contributed by atoms with Crippen LogP contribution < -0.4 is 5.32 Å². The number of piperidine rings is 1. The number of nitrogens with one attached hydrogen (secondary N) is 1. The van der Waals surface area contributed by atoms with Crippen LogP contribution in [0.2, 0.25) is 0 Å². The van der Waals surface area contributed by atoms with Crippen molar-refractivity contribution >= 4 is 15.9 Å². The minimum absolute atomic E-state index is 0.0682. The van der Waals surface area contributed by atoms with E-state index in [1.807, 2.05) is 27.7 Å². The Hall–Kier alpha value is -1.40. The van der Waals surface area contributed by atoms with E-state index in [0.29, 0.717) is 17.9 Å². The maximum absolute atomic E-state index is 12.7.